The predicted molar refractivity (Wildman–Crippen MR) is 88.9 cm³/mol. The van der Waals surface area contributed by atoms with Crippen molar-refractivity contribution in [1.29, 1.82) is 0 Å². The number of carbonyl (C=O) groups excluding carboxylic acids is 2. The summed E-state index contributed by atoms with van der Waals surface area (Å²) in [5.41, 5.74) is 3.63. The van der Waals surface area contributed by atoms with E-state index in [1.54, 1.807) is 19.1 Å². The SMILES string of the molecule is CCOC(=O)c1sc(NC(=O)c2ccc(C)c(C)c2)cc1C. The Morgan fingerprint density at radius 2 is 1.82 bits per heavy atom. The fourth-order valence-electron chi connectivity index (χ4n) is 2.01. The van der Waals surface area contributed by atoms with E-state index < -0.39 is 0 Å². The Kier molecular flexibility index (Phi) is 4.98. The largest absolute Gasteiger partial charge is 0.462 e. The van der Waals surface area contributed by atoms with Gasteiger partial charge in [0.15, 0.2) is 0 Å². The molecule has 4 nitrogen and oxygen atoms in total. The fourth-order valence-corrected chi connectivity index (χ4v) is 2.97. The standard InChI is InChI=1S/C17H19NO3S/c1-5-21-17(20)15-12(4)9-14(22-15)18-16(19)13-7-6-10(2)11(3)8-13/h6-9H,5H2,1-4H3,(H,18,19). The maximum absolute atomic E-state index is 12.3. The first-order chi connectivity index (χ1) is 10.4. The predicted octanol–water partition coefficient (Wildman–Crippen LogP) is 4.10. The van der Waals surface area contributed by atoms with Gasteiger partial charge in [0, 0.05) is 5.56 Å². The highest BCUT2D eigenvalue weighted by Crippen LogP contribution is 2.28. The normalized spacial score (nSPS) is 10.4. The first-order valence-corrected chi connectivity index (χ1v) is 7.90. The number of hydrogen-bond donors (Lipinski definition) is 1. The molecule has 0 saturated heterocycles. The van der Waals surface area contributed by atoms with Gasteiger partial charge >= 0.3 is 5.97 Å². The second kappa shape index (κ2) is 6.75. The van der Waals surface area contributed by atoms with Crippen LogP contribution >= 0.6 is 11.3 Å². The van der Waals surface area contributed by atoms with Gasteiger partial charge in [-0.15, -0.1) is 11.3 Å². The van der Waals surface area contributed by atoms with Crippen LogP contribution in [0.25, 0.3) is 0 Å². The molecule has 1 amide bonds. The molecule has 116 valence electrons. The molecule has 0 unspecified atom stereocenters. The van der Waals surface area contributed by atoms with Crippen molar-refractivity contribution in [1.82, 2.24) is 0 Å². The molecule has 0 fully saturated rings. The number of benzene rings is 1. The third-order valence-electron chi connectivity index (χ3n) is 3.38. The molecule has 2 aromatic rings. The molecule has 1 N–H and O–H groups in total. The van der Waals surface area contributed by atoms with Gasteiger partial charge in [-0.1, -0.05) is 6.07 Å². The topological polar surface area (TPSA) is 55.4 Å². The third kappa shape index (κ3) is 3.54. The monoisotopic (exact) mass is 317 g/mol. The van der Waals surface area contributed by atoms with Gasteiger partial charge < -0.3 is 10.1 Å². The average molecular weight is 317 g/mol. The molecule has 0 aliphatic carbocycles. The van der Waals surface area contributed by atoms with Crippen molar-refractivity contribution in [2.24, 2.45) is 0 Å². The van der Waals surface area contributed by atoms with Crippen LogP contribution in [-0.4, -0.2) is 18.5 Å². The maximum Gasteiger partial charge on any atom is 0.348 e. The van der Waals surface area contributed by atoms with Gasteiger partial charge in [-0.05, 0) is 62.6 Å². The van der Waals surface area contributed by atoms with Gasteiger partial charge in [0.2, 0.25) is 0 Å². The molecule has 0 aliphatic heterocycles. The van der Waals surface area contributed by atoms with Gasteiger partial charge in [0.05, 0.1) is 11.6 Å². The van der Waals surface area contributed by atoms with Crippen LogP contribution in [0, 0.1) is 20.8 Å². The van der Waals surface area contributed by atoms with E-state index in [0.717, 1.165) is 16.7 Å². The van der Waals surface area contributed by atoms with Crippen molar-refractivity contribution in [2.45, 2.75) is 27.7 Å². The minimum Gasteiger partial charge on any atom is -0.462 e. The molecule has 1 heterocycles. The lowest BCUT2D eigenvalue weighted by atomic mass is 10.1. The van der Waals surface area contributed by atoms with Gasteiger partial charge in [-0.3, -0.25) is 4.79 Å². The van der Waals surface area contributed by atoms with Crippen LogP contribution in [0.15, 0.2) is 24.3 Å². The molecular formula is C17H19NO3S. The number of anilines is 1. The Bertz CT molecular complexity index is 719. The summed E-state index contributed by atoms with van der Waals surface area (Å²) in [7, 11) is 0. The summed E-state index contributed by atoms with van der Waals surface area (Å²) in [5.74, 6) is -0.531. The van der Waals surface area contributed by atoms with Crippen LogP contribution < -0.4 is 5.32 Å². The van der Waals surface area contributed by atoms with Crippen molar-refractivity contribution in [3.05, 3.63) is 51.4 Å². The van der Waals surface area contributed by atoms with E-state index in [1.807, 2.05) is 32.9 Å². The van der Waals surface area contributed by atoms with Crippen LogP contribution in [-0.2, 0) is 4.74 Å². The molecule has 1 aromatic carbocycles. The summed E-state index contributed by atoms with van der Waals surface area (Å²) in [6.45, 7) is 7.91. The van der Waals surface area contributed by atoms with Crippen LogP contribution in [0.5, 0.6) is 0 Å². The van der Waals surface area contributed by atoms with E-state index in [-0.39, 0.29) is 11.9 Å². The molecule has 0 spiro atoms. The minimum absolute atomic E-state index is 0.181. The van der Waals surface area contributed by atoms with Gasteiger partial charge in [-0.2, -0.15) is 0 Å². The Hall–Kier alpha value is -2.14. The molecule has 1 aromatic heterocycles. The summed E-state index contributed by atoms with van der Waals surface area (Å²) in [5, 5.41) is 3.48. The number of esters is 1. The second-order valence-corrected chi connectivity index (χ2v) is 6.15. The molecule has 0 aliphatic rings. The number of amides is 1. The minimum atomic E-state index is -0.350. The summed E-state index contributed by atoms with van der Waals surface area (Å²) in [6.07, 6.45) is 0. The van der Waals surface area contributed by atoms with E-state index in [2.05, 4.69) is 5.32 Å². The number of thiophene rings is 1. The number of ether oxygens (including phenoxy) is 1. The van der Waals surface area contributed by atoms with Crippen LogP contribution in [0.1, 0.15) is 43.6 Å². The summed E-state index contributed by atoms with van der Waals surface area (Å²) >= 11 is 1.23. The molecular weight excluding hydrogens is 298 g/mol. The first kappa shape index (κ1) is 16.2. The molecule has 0 bridgehead atoms. The van der Waals surface area contributed by atoms with E-state index in [9.17, 15) is 9.59 Å². The number of rotatable bonds is 4. The zero-order valence-electron chi connectivity index (χ0n) is 13.1. The zero-order chi connectivity index (χ0) is 16.3. The van der Waals surface area contributed by atoms with Crippen LogP contribution in [0.2, 0.25) is 0 Å². The molecule has 5 heteroatoms. The van der Waals surface area contributed by atoms with Crippen molar-refractivity contribution in [3.63, 3.8) is 0 Å². The van der Waals surface area contributed by atoms with Crippen LogP contribution in [0.4, 0.5) is 5.00 Å². The summed E-state index contributed by atoms with van der Waals surface area (Å²) in [6, 6.07) is 7.37. The van der Waals surface area contributed by atoms with Crippen molar-refractivity contribution in [3.8, 4) is 0 Å². The quantitative estimate of drug-likeness (QED) is 0.864. The van der Waals surface area contributed by atoms with Gasteiger partial charge in [-0.25, -0.2) is 4.79 Å². The highest BCUT2D eigenvalue weighted by atomic mass is 32.1. The second-order valence-electron chi connectivity index (χ2n) is 5.10. The van der Waals surface area contributed by atoms with Gasteiger partial charge in [0.1, 0.15) is 4.88 Å². The third-order valence-corrected chi connectivity index (χ3v) is 4.52. The number of aryl methyl sites for hydroxylation is 3. The van der Waals surface area contributed by atoms with E-state index in [4.69, 9.17) is 4.74 Å². The molecule has 0 radical (unpaired) electrons. The van der Waals surface area contributed by atoms with E-state index in [0.29, 0.717) is 22.0 Å². The Morgan fingerprint density at radius 1 is 1.09 bits per heavy atom. The molecule has 22 heavy (non-hydrogen) atoms. The lowest BCUT2D eigenvalue weighted by Gasteiger charge is -2.05. The Labute approximate surface area is 134 Å². The average Bonchev–Trinajstić information content (AvgIpc) is 2.82. The van der Waals surface area contributed by atoms with Crippen molar-refractivity contribution in [2.75, 3.05) is 11.9 Å². The zero-order valence-corrected chi connectivity index (χ0v) is 14.0. The first-order valence-electron chi connectivity index (χ1n) is 7.08. The molecule has 0 atom stereocenters. The summed E-state index contributed by atoms with van der Waals surface area (Å²) in [4.78, 5) is 24.6. The highest BCUT2D eigenvalue weighted by Gasteiger charge is 2.16. The lowest BCUT2D eigenvalue weighted by Crippen LogP contribution is -2.11. The molecule has 0 saturated carbocycles. The smallest absolute Gasteiger partial charge is 0.348 e. The Balaban J connectivity index is 2.16. The van der Waals surface area contributed by atoms with Gasteiger partial charge in [0.25, 0.3) is 5.91 Å². The van der Waals surface area contributed by atoms with Crippen molar-refractivity contribution >= 4 is 28.2 Å². The number of hydrogen-bond acceptors (Lipinski definition) is 4. The Morgan fingerprint density at radius 3 is 2.45 bits per heavy atom. The summed E-state index contributed by atoms with van der Waals surface area (Å²) < 4.78 is 5.00. The van der Waals surface area contributed by atoms with Crippen LogP contribution in [0.3, 0.4) is 0 Å². The highest BCUT2D eigenvalue weighted by molar-refractivity contribution is 7.18. The van der Waals surface area contributed by atoms with E-state index >= 15 is 0 Å². The number of carbonyl (C=O) groups is 2. The van der Waals surface area contributed by atoms with Crippen molar-refractivity contribution < 1.29 is 14.3 Å². The maximum atomic E-state index is 12.3. The fraction of sp³-hybridized carbons (Fsp3) is 0.294. The molecule has 2 rings (SSSR count). The lowest BCUT2D eigenvalue weighted by molar-refractivity contribution is 0.0531. The number of nitrogens with one attached hydrogen (secondary N) is 1. The van der Waals surface area contributed by atoms with E-state index in [1.165, 1.54) is 11.3 Å².